The third-order valence-corrected chi connectivity index (χ3v) is 5.25. The quantitative estimate of drug-likeness (QED) is 0.804. The minimum atomic E-state index is -0.389. The molecule has 1 aliphatic heterocycles. The largest absolute Gasteiger partial charge is 0.464 e. The molecule has 0 aromatic carbocycles. The van der Waals surface area contributed by atoms with Crippen molar-refractivity contribution in [1.82, 2.24) is 4.90 Å². The highest BCUT2D eigenvalue weighted by molar-refractivity contribution is 7.14. The van der Waals surface area contributed by atoms with Crippen molar-refractivity contribution in [2.75, 3.05) is 13.2 Å². The third kappa shape index (κ3) is 2.35. The van der Waals surface area contributed by atoms with Gasteiger partial charge in [0.2, 0.25) is 0 Å². The van der Waals surface area contributed by atoms with Crippen molar-refractivity contribution in [3.8, 4) is 0 Å². The van der Waals surface area contributed by atoms with Crippen LogP contribution in [0.3, 0.4) is 0 Å². The van der Waals surface area contributed by atoms with Gasteiger partial charge in [0.15, 0.2) is 0 Å². The van der Waals surface area contributed by atoms with Gasteiger partial charge >= 0.3 is 5.97 Å². The van der Waals surface area contributed by atoms with E-state index in [4.69, 9.17) is 4.74 Å². The van der Waals surface area contributed by atoms with E-state index < -0.39 is 0 Å². The van der Waals surface area contributed by atoms with Crippen molar-refractivity contribution in [2.24, 2.45) is 0 Å². The lowest BCUT2D eigenvalue weighted by atomic mass is 10.2. The molecule has 0 saturated carbocycles. The van der Waals surface area contributed by atoms with E-state index in [0.29, 0.717) is 13.2 Å². The normalized spacial score (nSPS) is 21.1. The van der Waals surface area contributed by atoms with E-state index in [1.165, 1.54) is 16.9 Å². The molecule has 108 valence electrons. The van der Waals surface area contributed by atoms with E-state index in [1.807, 2.05) is 6.07 Å². The first-order valence-electron chi connectivity index (χ1n) is 7.30. The van der Waals surface area contributed by atoms with E-state index >= 15 is 0 Å². The smallest absolute Gasteiger partial charge is 0.328 e. The van der Waals surface area contributed by atoms with Gasteiger partial charge in [-0.15, -0.1) is 11.3 Å². The highest BCUT2D eigenvalue weighted by Crippen LogP contribution is 2.32. The Morgan fingerprint density at radius 2 is 2.25 bits per heavy atom. The molecule has 1 aromatic rings. The fourth-order valence-corrected chi connectivity index (χ4v) is 4.28. The summed E-state index contributed by atoms with van der Waals surface area (Å²) in [5, 5.41) is 0. The highest BCUT2D eigenvalue weighted by Gasteiger charge is 2.36. The molecule has 0 N–H and O–H groups in total. The molecule has 1 aliphatic carbocycles. The van der Waals surface area contributed by atoms with E-state index in [1.54, 1.807) is 23.2 Å². The molecule has 1 aromatic heterocycles. The van der Waals surface area contributed by atoms with Gasteiger partial charge in [-0.05, 0) is 50.7 Å². The number of hydrogen-bond acceptors (Lipinski definition) is 4. The van der Waals surface area contributed by atoms with Gasteiger partial charge in [0.1, 0.15) is 6.04 Å². The van der Waals surface area contributed by atoms with Crippen LogP contribution in [0, 0.1) is 0 Å². The molecule has 1 unspecified atom stereocenters. The van der Waals surface area contributed by atoms with Crippen molar-refractivity contribution in [3.63, 3.8) is 0 Å². The number of likely N-dealkylation sites (tertiary alicyclic amines) is 1. The summed E-state index contributed by atoms with van der Waals surface area (Å²) in [5.74, 6) is -0.262. The van der Waals surface area contributed by atoms with Crippen LogP contribution in [0.4, 0.5) is 0 Å². The Hall–Kier alpha value is -1.36. The number of carbonyl (C=O) groups is 2. The lowest BCUT2D eigenvalue weighted by molar-refractivity contribution is -0.147. The second kappa shape index (κ2) is 5.56. The third-order valence-electron chi connectivity index (χ3n) is 4.03. The van der Waals surface area contributed by atoms with Crippen LogP contribution in [0.15, 0.2) is 6.07 Å². The van der Waals surface area contributed by atoms with Crippen molar-refractivity contribution in [2.45, 2.75) is 45.1 Å². The zero-order valence-corrected chi connectivity index (χ0v) is 12.5. The Morgan fingerprint density at radius 3 is 3.00 bits per heavy atom. The Labute approximate surface area is 122 Å². The first kappa shape index (κ1) is 13.6. The maximum atomic E-state index is 12.6. The van der Waals surface area contributed by atoms with Gasteiger partial charge in [0.25, 0.3) is 5.91 Å². The summed E-state index contributed by atoms with van der Waals surface area (Å²) in [6.45, 7) is 2.82. The van der Waals surface area contributed by atoms with Crippen LogP contribution < -0.4 is 0 Å². The van der Waals surface area contributed by atoms with Gasteiger partial charge in [-0.25, -0.2) is 4.79 Å². The summed E-state index contributed by atoms with van der Waals surface area (Å²) in [7, 11) is 0. The number of ether oxygens (including phenoxy) is 1. The molecule has 0 bridgehead atoms. The summed E-state index contributed by atoms with van der Waals surface area (Å²) in [5.41, 5.74) is 1.32. The van der Waals surface area contributed by atoms with Crippen LogP contribution in [0.1, 0.15) is 46.3 Å². The first-order chi connectivity index (χ1) is 9.70. The standard InChI is InChI=1S/C15H19NO3S/c1-2-19-15(18)11-6-4-8-16(11)14(17)13-9-10-5-3-7-12(10)20-13/h9,11H,2-8H2,1H3. The minimum Gasteiger partial charge on any atom is -0.464 e. The molecular weight excluding hydrogens is 274 g/mol. The number of esters is 1. The maximum Gasteiger partial charge on any atom is 0.328 e. The van der Waals surface area contributed by atoms with Crippen LogP contribution in [0.2, 0.25) is 0 Å². The van der Waals surface area contributed by atoms with Gasteiger partial charge < -0.3 is 9.64 Å². The van der Waals surface area contributed by atoms with Crippen molar-refractivity contribution >= 4 is 23.2 Å². The zero-order chi connectivity index (χ0) is 14.1. The van der Waals surface area contributed by atoms with Gasteiger partial charge in [-0.3, -0.25) is 4.79 Å². The lowest BCUT2D eigenvalue weighted by Gasteiger charge is -2.22. The van der Waals surface area contributed by atoms with E-state index in [2.05, 4.69) is 0 Å². The second-order valence-electron chi connectivity index (χ2n) is 5.32. The van der Waals surface area contributed by atoms with Crippen LogP contribution in [0.5, 0.6) is 0 Å². The second-order valence-corrected chi connectivity index (χ2v) is 6.46. The number of nitrogens with zero attached hydrogens (tertiary/aromatic N) is 1. The minimum absolute atomic E-state index is 0.0000435. The molecule has 4 nitrogen and oxygen atoms in total. The predicted molar refractivity (Wildman–Crippen MR) is 77.0 cm³/mol. The number of amides is 1. The molecule has 0 spiro atoms. The average molecular weight is 293 g/mol. The van der Waals surface area contributed by atoms with Gasteiger partial charge in [-0.2, -0.15) is 0 Å². The molecule has 1 amide bonds. The van der Waals surface area contributed by atoms with E-state index in [9.17, 15) is 9.59 Å². The summed E-state index contributed by atoms with van der Waals surface area (Å²) < 4.78 is 5.07. The van der Waals surface area contributed by atoms with E-state index in [0.717, 1.165) is 30.6 Å². The van der Waals surface area contributed by atoms with E-state index in [-0.39, 0.29) is 17.9 Å². The van der Waals surface area contributed by atoms with Crippen LogP contribution in [0.25, 0.3) is 0 Å². The molecule has 2 heterocycles. The highest BCUT2D eigenvalue weighted by atomic mass is 32.1. The SMILES string of the molecule is CCOC(=O)C1CCCN1C(=O)c1cc2c(s1)CCC2. The Morgan fingerprint density at radius 1 is 1.40 bits per heavy atom. The molecule has 0 radical (unpaired) electrons. The maximum absolute atomic E-state index is 12.6. The summed E-state index contributed by atoms with van der Waals surface area (Å²) >= 11 is 1.60. The summed E-state index contributed by atoms with van der Waals surface area (Å²) in [6.07, 6.45) is 4.97. The van der Waals surface area contributed by atoms with Crippen molar-refractivity contribution < 1.29 is 14.3 Å². The number of rotatable bonds is 3. The summed E-state index contributed by atoms with van der Waals surface area (Å²) in [4.78, 5) is 28.3. The summed E-state index contributed by atoms with van der Waals surface area (Å²) in [6, 6.07) is 1.63. The molecule has 2 aliphatic rings. The fraction of sp³-hybridized carbons (Fsp3) is 0.600. The van der Waals surface area contributed by atoms with Crippen LogP contribution in [-0.2, 0) is 22.4 Å². The van der Waals surface area contributed by atoms with Gasteiger partial charge in [-0.1, -0.05) is 0 Å². The number of thiophene rings is 1. The lowest BCUT2D eigenvalue weighted by Crippen LogP contribution is -2.41. The van der Waals surface area contributed by atoms with Gasteiger partial charge in [0, 0.05) is 11.4 Å². The fourth-order valence-electron chi connectivity index (χ4n) is 3.07. The number of hydrogen-bond donors (Lipinski definition) is 0. The molecule has 1 fully saturated rings. The Balaban J connectivity index is 1.76. The molecule has 1 saturated heterocycles. The Bertz CT molecular complexity index is 516. The van der Waals surface area contributed by atoms with Crippen LogP contribution in [-0.4, -0.2) is 36.0 Å². The molecular formula is C15H19NO3S. The first-order valence-corrected chi connectivity index (χ1v) is 8.11. The molecule has 5 heteroatoms. The van der Waals surface area contributed by atoms with Crippen molar-refractivity contribution in [3.05, 3.63) is 21.4 Å². The zero-order valence-electron chi connectivity index (χ0n) is 11.7. The van der Waals surface area contributed by atoms with Crippen LogP contribution >= 0.6 is 11.3 Å². The number of fused-ring (bicyclic) bond motifs is 1. The van der Waals surface area contributed by atoms with Crippen molar-refractivity contribution in [1.29, 1.82) is 0 Å². The Kier molecular flexibility index (Phi) is 3.78. The predicted octanol–water partition coefficient (Wildman–Crippen LogP) is 2.40. The number of aryl methyl sites for hydroxylation is 2. The topological polar surface area (TPSA) is 46.6 Å². The molecule has 1 atom stereocenters. The monoisotopic (exact) mass is 293 g/mol. The number of carbonyl (C=O) groups excluding carboxylic acids is 2. The molecule has 3 rings (SSSR count). The van der Waals surface area contributed by atoms with Gasteiger partial charge in [0.05, 0.1) is 11.5 Å². The molecule has 20 heavy (non-hydrogen) atoms. The average Bonchev–Trinajstić information content (AvgIpc) is 3.12.